The molecule has 6 nitrogen and oxygen atoms in total. The van der Waals surface area contributed by atoms with Crippen LogP contribution in [0.25, 0.3) is 4.85 Å². The van der Waals surface area contributed by atoms with Gasteiger partial charge in [-0.25, -0.2) is 15.8 Å². The molecule has 1 aliphatic heterocycles. The Morgan fingerprint density at radius 1 is 1.57 bits per heavy atom. The van der Waals surface area contributed by atoms with Gasteiger partial charge in [-0.2, -0.15) is 0 Å². The van der Waals surface area contributed by atoms with E-state index in [9.17, 15) is 14.0 Å². The first-order valence-electron chi connectivity index (χ1n) is 7.36. The summed E-state index contributed by atoms with van der Waals surface area (Å²) in [5.74, 6) is -0.683. The second-order valence-corrected chi connectivity index (χ2v) is 5.86. The fraction of sp³-hybridized carbons (Fsp3) is 0.438. The maximum atomic E-state index is 14.3. The van der Waals surface area contributed by atoms with E-state index < -0.39 is 23.6 Å². The topological polar surface area (TPSA) is 63.0 Å². The van der Waals surface area contributed by atoms with Crippen molar-refractivity contribution in [2.45, 2.75) is 31.4 Å². The molecule has 1 saturated carbocycles. The van der Waals surface area contributed by atoms with Crippen molar-refractivity contribution in [3.8, 4) is 0 Å². The molecule has 7 heteroatoms. The van der Waals surface area contributed by atoms with E-state index in [0.29, 0.717) is 24.1 Å². The molecule has 1 aromatic carbocycles. The number of hydrogen-bond donors (Lipinski definition) is 1. The van der Waals surface area contributed by atoms with Gasteiger partial charge in [0.05, 0.1) is 24.3 Å². The van der Waals surface area contributed by atoms with E-state index in [1.54, 1.807) is 12.1 Å². The van der Waals surface area contributed by atoms with Gasteiger partial charge in [-0.1, -0.05) is 0 Å². The van der Waals surface area contributed by atoms with Crippen LogP contribution in [0.5, 0.6) is 0 Å². The third kappa shape index (κ3) is 2.84. The molecule has 3 rings (SSSR count). The van der Waals surface area contributed by atoms with Crippen LogP contribution in [-0.2, 0) is 15.1 Å². The highest BCUT2D eigenvalue weighted by molar-refractivity contribution is 5.89. The van der Waals surface area contributed by atoms with E-state index >= 15 is 0 Å². The van der Waals surface area contributed by atoms with Gasteiger partial charge < -0.3 is 14.9 Å². The van der Waals surface area contributed by atoms with Gasteiger partial charge in [-0.15, -0.1) is 0 Å². The number of cyclic esters (lactones) is 1. The molecule has 0 radical (unpaired) electrons. The zero-order valence-electron chi connectivity index (χ0n) is 12.6. The molecule has 1 saturated heterocycles. The van der Waals surface area contributed by atoms with Crippen LogP contribution in [0.2, 0.25) is 0 Å². The fourth-order valence-electron chi connectivity index (χ4n) is 2.71. The molecule has 2 fully saturated rings. The van der Waals surface area contributed by atoms with Crippen molar-refractivity contribution in [2.75, 3.05) is 18.0 Å². The third-order valence-corrected chi connectivity index (χ3v) is 4.16. The predicted molar refractivity (Wildman–Crippen MR) is 80.2 cm³/mol. The number of benzene rings is 1. The van der Waals surface area contributed by atoms with Crippen molar-refractivity contribution >= 4 is 17.7 Å². The van der Waals surface area contributed by atoms with E-state index in [0.717, 1.165) is 0 Å². The van der Waals surface area contributed by atoms with Gasteiger partial charge in [0.2, 0.25) is 5.91 Å². The lowest BCUT2D eigenvalue weighted by Gasteiger charge is -2.14. The molecular formula is C16H16FN3O3. The Balaban J connectivity index is 1.75. The molecule has 1 atom stereocenters. The number of carbonyl (C=O) groups excluding carboxylic acids is 2. The Labute approximate surface area is 133 Å². The number of nitrogens with zero attached hydrogens (tertiary/aromatic N) is 2. The zero-order chi connectivity index (χ0) is 16.6. The minimum absolute atomic E-state index is 0.205. The number of carbonyl (C=O) groups is 2. The van der Waals surface area contributed by atoms with Crippen molar-refractivity contribution in [1.82, 2.24) is 5.32 Å². The summed E-state index contributed by atoms with van der Waals surface area (Å²) in [6.07, 6.45) is 0.292. The average Bonchev–Trinajstić information content (AvgIpc) is 3.22. The fourth-order valence-corrected chi connectivity index (χ4v) is 2.71. The molecule has 23 heavy (non-hydrogen) atoms. The number of nitrogens with one attached hydrogen (secondary N) is 1. The third-order valence-electron chi connectivity index (χ3n) is 4.16. The largest absolute Gasteiger partial charge is 0.442 e. The SMILES string of the molecule is [C-]#[N+]C1(c2ccc(N3CC(CNC(C)=O)OC3=O)cc2F)CC1. The molecule has 0 bridgehead atoms. The standard InChI is InChI=1S/C16H16FN3O3/c1-10(21)19-8-12-9-20(15(22)23-12)11-3-4-13(14(17)7-11)16(18-2)5-6-16/h3-4,7,12H,5-6,8-9H2,1H3,(H,19,21). The van der Waals surface area contributed by atoms with Gasteiger partial charge in [0, 0.05) is 19.8 Å². The number of halogens is 1. The van der Waals surface area contributed by atoms with Crippen LogP contribution in [0, 0.1) is 12.4 Å². The summed E-state index contributed by atoms with van der Waals surface area (Å²) in [6.45, 7) is 9.05. The molecule has 1 aromatic rings. The first kappa shape index (κ1) is 15.3. The quantitative estimate of drug-likeness (QED) is 0.866. The minimum Gasteiger partial charge on any atom is -0.442 e. The second-order valence-electron chi connectivity index (χ2n) is 5.86. The first-order valence-corrected chi connectivity index (χ1v) is 7.36. The highest BCUT2D eigenvalue weighted by atomic mass is 19.1. The van der Waals surface area contributed by atoms with Crippen LogP contribution in [0.3, 0.4) is 0 Å². The lowest BCUT2D eigenvalue weighted by molar-refractivity contribution is -0.119. The Kier molecular flexibility index (Phi) is 3.68. The molecule has 1 heterocycles. The van der Waals surface area contributed by atoms with E-state index in [1.165, 1.54) is 17.9 Å². The second kappa shape index (κ2) is 5.54. The van der Waals surface area contributed by atoms with Gasteiger partial charge in [0.1, 0.15) is 11.9 Å². The highest BCUT2D eigenvalue weighted by Gasteiger charge is 2.54. The summed E-state index contributed by atoms with van der Waals surface area (Å²) in [6, 6.07) is 4.47. The summed E-state index contributed by atoms with van der Waals surface area (Å²) < 4.78 is 19.5. The Morgan fingerprint density at radius 2 is 2.30 bits per heavy atom. The Morgan fingerprint density at radius 3 is 2.87 bits per heavy atom. The summed E-state index contributed by atoms with van der Waals surface area (Å²) >= 11 is 0. The van der Waals surface area contributed by atoms with Gasteiger partial charge in [-0.3, -0.25) is 9.69 Å². The summed E-state index contributed by atoms with van der Waals surface area (Å²) in [7, 11) is 0. The van der Waals surface area contributed by atoms with Crippen LogP contribution in [0.1, 0.15) is 25.3 Å². The van der Waals surface area contributed by atoms with E-state index in [1.807, 2.05) is 0 Å². The molecule has 2 aliphatic rings. The van der Waals surface area contributed by atoms with Crippen LogP contribution >= 0.6 is 0 Å². The molecule has 0 spiro atoms. The molecule has 0 aromatic heterocycles. The number of rotatable bonds is 4. The lowest BCUT2D eigenvalue weighted by Crippen LogP contribution is -2.33. The smallest absolute Gasteiger partial charge is 0.414 e. The first-order chi connectivity index (χ1) is 10.9. The molecule has 1 aliphatic carbocycles. The predicted octanol–water partition coefficient (Wildman–Crippen LogP) is 2.20. The van der Waals surface area contributed by atoms with Crippen molar-refractivity contribution in [2.24, 2.45) is 0 Å². The maximum Gasteiger partial charge on any atom is 0.414 e. The Hall–Kier alpha value is -2.62. The number of anilines is 1. The van der Waals surface area contributed by atoms with Crippen LogP contribution in [0.4, 0.5) is 14.9 Å². The monoisotopic (exact) mass is 317 g/mol. The van der Waals surface area contributed by atoms with E-state index in [-0.39, 0.29) is 19.0 Å². The highest BCUT2D eigenvalue weighted by Crippen LogP contribution is 2.50. The number of hydrogen-bond acceptors (Lipinski definition) is 3. The molecule has 2 amide bonds. The zero-order valence-corrected chi connectivity index (χ0v) is 12.6. The minimum atomic E-state index is -0.720. The van der Waals surface area contributed by atoms with Crippen LogP contribution < -0.4 is 10.2 Å². The number of amides is 2. The van der Waals surface area contributed by atoms with E-state index in [4.69, 9.17) is 11.3 Å². The number of ether oxygens (including phenoxy) is 1. The van der Waals surface area contributed by atoms with Gasteiger partial charge in [0.15, 0.2) is 0 Å². The molecule has 120 valence electrons. The lowest BCUT2D eigenvalue weighted by atomic mass is 10.0. The summed E-state index contributed by atoms with van der Waals surface area (Å²) in [5, 5.41) is 2.59. The normalized spacial score (nSPS) is 21.5. The van der Waals surface area contributed by atoms with Crippen molar-refractivity contribution in [3.63, 3.8) is 0 Å². The summed E-state index contributed by atoms with van der Waals surface area (Å²) in [4.78, 5) is 27.7. The van der Waals surface area contributed by atoms with Crippen molar-refractivity contribution in [1.29, 1.82) is 0 Å². The summed E-state index contributed by atoms with van der Waals surface area (Å²) in [5.41, 5.74) is 0.0585. The van der Waals surface area contributed by atoms with E-state index in [2.05, 4.69) is 10.2 Å². The Bertz CT molecular complexity index is 709. The van der Waals surface area contributed by atoms with Crippen molar-refractivity contribution in [3.05, 3.63) is 41.0 Å². The van der Waals surface area contributed by atoms with Crippen LogP contribution in [0.15, 0.2) is 18.2 Å². The molecular weight excluding hydrogens is 301 g/mol. The van der Waals surface area contributed by atoms with Gasteiger partial charge in [0.25, 0.3) is 5.54 Å². The molecule has 1 N–H and O–H groups in total. The van der Waals surface area contributed by atoms with Crippen molar-refractivity contribution < 1.29 is 18.7 Å². The average molecular weight is 317 g/mol. The van der Waals surface area contributed by atoms with Crippen LogP contribution in [-0.4, -0.2) is 31.2 Å². The molecule has 1 unspecified atom stereocenters. The maximum absolute atomic E-state index is 14.3. The van der Waals surface area contributed by atoms with Gasteiger partial charge >= 0.3 is 6.09 Å². The van der Waals surface area contributed by atoms with Gasteiger partial charge in [-0.05, 0) is 18.2 Å².